The third-order valence-corrected chi connectivity index (χ3v) is 5.74. The van der Waals surface area contributed by atoms with E-state index in [0.29, 0.717) is 12.0 Å². The number of alkyl halides is 3. The number of carbonyl (C=O) groups excluding carboxylic acids is 2. The van der Waals surface area contributed by atoms with Crippen molar-refractivity contribution >= 4 is 18.5 Å². The van der Waals surface area contributed by atoms with Gasteiger partial charge in [-0.2, -0.15) is 13.2 Å². The van der Waals surface area contributed by atoms with Gasteiger partial charge in [-0.15, -0.1) is 0 Å². The summed E-state index contributed by atoms with van der Waals surface area (Å²) in [5.74, 6) is -0.0322. The number of alkyl carbamates (subject to hydrolysis) is 1. The van der Waals surface area contributed by atoms with E-state index in [2.05, 4.69) is 17.4 Å². The zero-order valence-electron chi connectivity index (χ0n) is 18.1. The maximum atomic E-state index is 13.1. The Bertz CT molecular complexity index is 1190. The average Bonchev–Trinajstić information content (AvgIpc) is 3.15. The summed E-state index contributed by atoms with van der Waals surface area (Å²) in [5, 5.41) is 2.66. The van der Waals surface area contributed by atoms with Crippen molar-refractivity contribution in [2.24, 2.45) is 0 Å². The fourth-order valence-corrected chi connectivity index (χ4v) is 4.15. The normalized spacial score (nSPS) is 12.9. The lowest BCUT2D eigenvalue weighted by Crippen LogP contribution is -2.26. The summed E-state index contributed by atoms with van der Waals surface area (Å²) in [5.41, 5.74) is 3.48. The second kappa shape index (κ2) is 9.95. The Morgan fingerprint density at radius 1 is 0.971 bits per heavy atom. The van der Waals surface area contributed by atoms with E-state index in [1.807, 2.05) is 36.4 Å². The van der Waals surface area contributed by atoms with Crippen molar-refractivity contribution in [1.29, 1.82) is 0 Å². The van der Waals surface area contributed by atoms with Crippen LogP contribution in [0.15, 0.2) is 72.8 Å². The van der Waals surface area contributed by atoms with Gasteiger partial charge in [-0.3, -0.25) is 4.79 Å². The molecular weight excluding hydrogens is 443 g/mol. The first-order valence-corrected chi connectivity index (χ1v) is 10.8. The number of hydrogen-bond acceptors (Lipinski definition) is 3. The Hall–Kier alpha value is -3.87. The van der Waals surface area contributed by atoms with Crippen LogP contribution in [0, 0.1) is 0 Å². The smallest absolute Gasteiger partial charge is 0.417 e. The molecule has 0 saturated carbocycles. The highest BCUT2D eigenvalue weighted by atomic mass is 19.4. The monoisotopic (exact) mass is 465 g/mol. The number of carbonyl (C=O) groups is 2. The van der Waals surface area contributed by atoms with Crippen LogP contribution in [0.1, 0.15) is 45.0 Å². The summed E-state index contributed by atoms with van der Waals surface area (Å²) in [6.45, 7) is 0.477. The van der Waals surface area contributed by atoms with Gasteiger partial charge in [0.2, 0.25) is 0 Å². The summed E-state index contributed by atoms with van der Waals surface area (Å²) in [6.07, 6.45) is -1.39. The molecule has 0 spiro atoms. The first-order chi connectivity index (χ1) is 16.4. The summed E-state index contributed by atoms with van der Waals surface area (Å²) in [4.78, 5) is 23.0. The van der Waals surface area contributed by atoms with E-state index in [9.17, 15) is 22.8 Å². The lowest BCUT2D eigenvalue weighted by Gasteiger charge is -2.14. The minimum Gasteiger partial charge on any atom is -0.449 e. The molecule has 0 radical (unpaired) electrons. The SMILES string of the molecule is O=Cc1ccc(C=CCCNC(=O)OCC2c3ccccc3-c3ccccc32)cc1C(F)(F)F. The third kappa shape index (κ3) is 5.03. The molecule has 4 nitrogen and oxygen atoms in total. The largest absolute Gasteiger partial charge is 0.449 e. The van der Waals surface area contributed by atoms with Crippen molar-refractivity contribution in [2.45, 2.75) is 18.5 Å². The standard InChI is InChI=1S/C27H22F3NO3/c28-27(29,30)25-15-18(12-13-19(25)16-32)7-5-6-14-31-26(33)34-17-24-22-10-3-1-8-20(22)21-9-2-4-11-23(21)24/h1-5,7-13,15-16,24H,6,14,17H2,(H,31,33). The number of rotatable bonds is 7. The topological polar surface area (TPSA) is 55.4 Å². The predicted molar refractivity (Wildman–Crippen MR) is 124 cm³/mol. The molecule has 1 N–H and O–H groups in total. The van der Waals surface area contributed by atoms with Crippen LogP contribution in [0.4, 0.5) is 18.0 Å². The zero-order valence-corrected chi connectivity index (χ0v) is 18.1. The number of nitrogens with one attached hydrogen (secondary N) is 1. The number of amides is 1. The van der Waals surface area contributed by atoms with Crippen molar-refractivity contribution < 1.29 is 27.5 Å². The Morgan fingerprint density at radius 3 is 2.24 bits per heavy atom. The molecule has 0 saturated heterocycles. The van der Waals surface area contributed by atoms with Crippen LogP contribution in [0.2, 0.25) is 0 Å². The molecule has 0 fully saturated rings. The highest BCUT2D eigenvalue weighted by Crippen LogP contribution is 2.44. The van der Waals surface area contributed by atoms with Crippen molar-refractivity contribution in [3.05, 3.63) is 101 Å². The lowest BCUT2D eigenvalue weighted by molar-refractivity contribution is -0.137. The molecule has 0 heterocycles. The first kappa shape index (κ1) is 23.3. The Labute approximate surface area is 195 Å². The maximum Gasteiger partial charge on any atom is 0.417 e. The summed E-state index contributed by atoms with van der Waals surface area (Å²) in [6, 6.07) is 19.6. The molecule has 1 aliphatic rings. The van der Waals surface area contributed by atoms with Gasteiger partial charge in [-0.1, -0.05) is 72.8 Å². The Morgan fingerprint density at radius 2 is 1.62 bits per heavy atom. The van der Waals surface area contributed by atoms with Crippen LogP contribution in [-0.4, -0.2) is 25.5 Å². The van der Waals surface area contributed by atoms with Crippen LogP contribution in [0.3, 0.4) is 0 Å². The van der Waals surface area contributed by atoms with E-state index in [1.54, 1.807) is 6.08 Å². The molecule has 34 heavy (non-hydrogen) atoms. The van der Waals surface area contributed by atoms with Gasteiger partial charge in [-0.05, 0) is 40.3 Å². The molecule has 1 aliphatic carbocycles. The van der Waals surface area contributed by atoms with Gasteiger partial charge in [0, 0.05) is 18.0 Å². The van der Waals surface area contributed by atoms with Gasteiger partial charge in [0.05, 0.1) is 5.56 Å². The zero-order chi connectivity index (χ0) is 24.1. The molecule has 0 aliphatic heterocycles. The summed E-state index contributed by atoms with van der Waals surface area (Å²) >= 11 is 0. The van der Waals surface area contributed by atoms with Gasteiger partial charge >= 0.3 is 12.3 Å². The minimum atomic E-state index is -4.61. The van der Waals surface area contributed by atoms with E-state index in [-0.39, 0.29) is 25.4 Å². The molecule has 1 amide bonds. The molecule has 0 aromatic heterocycles. The van der Waals surface area contributed by atoms with Crippen molar-refractivity contribution in [2.75, 3.05) is 13.2 Å². The number of ether oxygens (including phenoxy) is 1. The molecular formula is C27H22F3NO3. The van der Waals surface area contributed by atoms with Gasteiger partial charge < -0.3 is 10.1 Å². The predicted octanol–water partition coefficient (Wildman–Crippen LogP) is 6.46. The van der Waals surface area contributed by atoms with Crippen LogP contribution >= 0.6 is 0 Å². The third-order valence-electron chi connectivity index (χ3n) is 5.74. The van der Waals surface area contributed by atoms with E-state index in [1.165, 1.54) is 12.1 Å². The van der Waals surface area contributed by atoms with Gasteiger partial charge in [0.25, 0.3) is 0 Å². The van der Waals surface area contributed by atoms with Crippen molar-refractivity contribution in [3.8, 4) is 11.1 Å². The fraction of sp³-hybridized carbons (Fsp3) is 0.185. The van der Waals surface area contributed by atoms with E-state index in [4.69, 9.17) is 4.74 Å². The number of fused-ring (bicyclic) bond motifs is 3. The number of benzene rings is 3. The molecule has 3 aromatic carbocycles. The average molecular weight is 465 g/mol. The highest BCUT2D eigenvalue weighted by molar-refractivity contribution is 5.79. The van der Waals surface area contributed by atoms with Crippen LogP contribution in [0.5, 0.6) is 0 Å². The van der Waals surface area contributed by atoms with Gasteiger partial charge in [0.15, 0.2) is 6.29 Å². The second-order valence-corrected chi connectivity index (χ2v) is 7.91. The van der Waals surface area contributed by atoms with Crippen LogP contribution in [0.25, 0.3) is 17.2 Å². The maximum absolute atomic E-state index is 13.1. The van der Waals surface area contributed by atoms with Gasteiger partial charge in [0.1, 0.15) is 6.61 Å². The van der Waals surface area contributed by atoms with Crippen molar-refractivity contribution in [3.63, 3.8) is 0 Å². The molecule has 3 aromatic rings. The minimum absolute atomic E-state index is 0.0322. The van der Waals surface area contributed by atoms with Crippen LogP contribution in [-0.2, 0) is 10.9 Å². The highest BCUT2D eigenvalue weighted by Gasteiger charge is 2.33. The fourth-order valence-electron chi connectivity index (χ4n) is 4.15. The summed E-state index contributed by atoms with van der Waals surface area (Å²) in [7, 11) is 0. The lowest BCUT2D eigenvalue weighted by atomic mass is 9.98. The number of halogens is 3. The van der Waals surface area contributed by atoms with E-state index in [0.717, 1.165) is 34.4 Å². The molecule has 0 atom stereocenters. The first-order valence-electron chi connectivity index (χ1n) is 10.8. The second-order valence-electron chi connectivity index (χ2n) is 7.91. The molecule has 4 rings (SSSR count). The quantitative estimate of drug-likeness (QED) is 0.322. The molecule has 0 unspecified atom stereocenters. The molecule has 174 valence electrons. The van der Waals surface area contributed by atoms with Crippen molar-refractivity contribution in [1.82, 2.24) is 5.32 Å². The molecule has 7 heteroatoms. The van der Waals surface area contributed by atoms with E-state index < -0.39 is 23.4 Å². The van der Waals surface area contributed by atoms with Gasteiger partial charge in [-0.25, -0.2) is 4.79 Å². The summed E-state index contributed by atoms with van der Waals surface area (Å²) < 4.78 is 44.6. The number of aldehydes is 1. The number of hydrogen-bond donors (Lipinski definition) is 1. The molecule has 0 bridgehead atoms. The van der Waals surface area contributed by atoms with E-state index >= 15 is 0 Å². The Kier molecular flexibility index (Phi) is 6.82. The van der Waals surface area contributed by atoms with Crippen LogP contribution < -0.4 is 5.32 Å². The Balaban J connectivity index is 1.28.